The average Bonchev–Trinajstić information content (AvgIpc) is 2.34. The van der Waals surface area contributed by atoms with Gasteiger partial charge in [-0.15, -0.1) is 0 Å². The Morgan fingerprint density at radius 3 is 1.92 bits per heavy atom. The molecule has 0 rings (SSSR count). The highest BCUT2D eigenvalue weighted by atomic mass is 16.4. The van der Waals surface area contributed by atoms with Crippen molar-refractivity contribution in [1.82, 2.24) is 5.32 Å². The zero-order valence-electron chi connectivity index (χ0n) is 16.4. The van der Waals surface area contributed by atoms with Gasteiger partial charge in [-0.2, -0.15) is 0 Å². The first kappa shape index (κ1) is 25.3. The molecule has 0 saturated carbocycles. The van der Waals surface area contributed by atoms with Crippen molar-refractivity contribution in [2.24, 2.45) is 0 Å². The molecule has 0 aromatic carbocycles. The number of carbonyl (C=O) groups excluding carboxylic acids is 2. The summed E-state index contributed by atoms with van der Waals surface area (Å²) in [5, 5.41) is 21.2. The number of aliphatic carboxylic acids is 2. The molecule has 1 amide bonds. The highest BCUT2D eigenvalue weighted by molar-refractivity contribution is 5.92. The number of carboxylic acid groups (broad SMARTS) is 2. The number of hydrogen-bond donors (Lipinski definition) is 2. The minimum absolute atomic E-state index is 0.0694. The topological polar surface area (TPSA) is 107 Å². The van der Waals surface area contributed by atoms with E-state index in [0.717, 1.165) is 13.1 Å². The first-order valence-corrected chi connectivity index (χ1v) is 8.14. The zero-order valence-corrected chi connectivity index (χ0v) is 16.4. The van der Waals surface area contributed by atoms with Crippen LogP contribution in [0.4, 0.5) is 0 Å². The highest BCUT2D eigenvalue weighted by Crippen LogP contribution is 2.01. The SMILES string of the molecule is C=C(C)C(=O)NCC[N+](C)(C)CCCC(=O)O.C[N+](C)(C)CC(=O)[O-]. The number of amides is 1. The molecule has 0 unspecified atom stereocenters. The van der Waals surface area contributed by atoms with E-state index in [-0.39, 0.29) is 18.9 Å². The number of quaternary nitrogens is 2. The van der Waals surface area contributed by atoms with E-state index in [0.29, 0.717) is 27.5 Å². The van der Waals surface area contributed by atoms with Crippen LogP contribution in [-0.2, 0) is 14.4 Å². The van der Waals surface area contributed by atoms with Crippen LogP contribution in [0, 0.1) is 0 Å². The molecule has 0 aliphatic heterocycles. The quantitative estimate of drug-likeness (QED) is 0.386. The van der Waals surface area contributed by atoms with Crippen molar-refractivity contribution >= 4 is 17.8 Å². The fraction of sp³-hybridized carbons (Fsp3) is 0.706. The van der Waals surface area contributed by atoms with Gasteiger partial charge < -0.3 is 29.3 Å². The fourth-order valence-corrected chi connectivity index (χ4v) is 1.78. The first-order chi connectivity index (χ1) is 11.2. The molecule has 0 aromatic heterocycles. The summed E-state index contributed by atoms with van der Waals surface area (Å²) in [4.78, 5) is 31.5. The maximum absolute atomic E-state index is 11.2. The van der Waals surface area contributed by atoms with Gasteiger partial charge in [-0.05, 0) is 6.92 Å². The minimum atomic E-state index is -1.00. The molecule has 8 nitrogen and oxygen atoms in total. The van der Waals surface area contributed by atoms with Gasteiger partial charge in [-0.25, -0.2) is 0 Å². The van der Waals surface area contributed by atoms with Crippen molar-refractivity contribution in [3.63, 3.8) is 0 Å². The van der Waals surface area contributed by atoms with Crippen LogP contribution in [0.5, 0.6) is 0 Å². The number of nitrogens with one attached hydrogen (secondary N) is 1. The molecule has 146 valence electrons. The number of carboxylic acids is 2. The summed E-state index contributed by atoms with van der Waals surface area (Å²) in [5.74, 6) is -1.89. The Morgan fingerprint density at radius 1 is 1.08 bits per heavy atom. The summed E-state index contributed by atoms with van der Waals surface area (Å²) in [6, 6.07) is 0. The van der Waals surface area contributed by atoms with E-state index in [1.165, 1.54) is 0 Å². The number of rotatable bonds is 10. The Bertz CT molecular complexity index is 467. The summed E-state index contributed by atoms with van der Waals surface area (Å²) < 4.78 is 1.12. The molecule has 0 radical (unpaired) electrons. The molecule has 8 heteroatoms. The van der Waals surface area contributed by atoms with Crippen LogP contribution in [0.2, 0.25) is 0 Å². The predicted octanol–water partition coefficient (Wildman–Crippen LogP) is -0.938. The molecule has 0 aliphatic carbocycles. The number of hydrogen-bond acceptors (Lipinski definition) is 4. The van der Waals surface area contributed by atoms with Gasteiger partial charge in [0.25, 0.3) is 0 Å². The predicted molar refractivity (Wildman–Crippen MR) is 94.4 cm³/mol. The van der Waals surface area contributed by atoms with E-state index in [9.17, 15) is 19.5 Å². The van der Waals surface area contributed by atoms with Crippen molar-refractivity contribution in [2.45, 2.75) is 19.8 Å². The van der Waals surface area contributed by atoms with E-state index in [1.54, 1.807) is 28.1 Å². The van der Waals surface area contributed by atoms with Crippen LogP contribution in [0.1, 0.15) is 19.8 Å². The van der Waals surface area contributed by atoms with Gasteiger partial charge in [0.1, 0.15) is 6.54 Å². The lowest BCUT2D eigenvalue weighted by molar-refractivity contribution is -0.889. The van der Waals surface area contributed by atoms with Crippen LogP contribution in [0.3, 0.4) is 0 Å². The molecule has 0 saturated heterocycles. The van der Waals surface area contributed by atoms with E-state index in [4.69, 9.17) is 5.11 Å². The second kappa shape index (κ2) is 11.6. The fourth-order valence-electron chi connectivity index (χ4n) is 1.78. The zero-order chi connectivity index (χ0) is 20.3. The normalized spacial score (nSPS) is 11.1. The Kier molecular flexibility index (Phi) is 11.7. The molecule has 0 fully saturated rings. The summed E-state index contributed by atoms with van der Waals surface area (Å²) in [7, 11) is 9.45. The molecule has 0 heterocycles. The minimum Gasteiger partial charge on any atom is -0.544 e. The van der Waals surface area contributed by atoms with Crippen molar-refractivity contribution in [3.8, 4) is 0 Å². The van der Waals surface area contributed by atoms with Gasteiger partial charge in [-0.1, -0.05) is 6.58 Å². The van der Waals surface area contributed by atoms with Crippen LogP contribution in [-0.4, -0.2) is 93.3 Å². The molecule has 0 aliphatic rings. The Morgan fingerprint density at radius 2 is 1.60 bits per heavy atom. The smallest absolute Gasteiger partial charge is 0.303 e. The summed E-state index contributed by atoms with van der Waals surface area (Å²) in [5.41, 5.74) is 0.501. The van der Waals surface area contributed by atoms with Crippen LogP contribution in [0.15, 0.2) is 12.2 Å². The number of carbonyl (C=O) groups is 3. The molecule has 25 heavy (non-hydrogen) atoms. The average molecular weight is 360 g/mol. The molecule has 2 N–H and O–H groups in total. The molecule has 0 bridgehead atoms. The molecule has 0 spiro atoms. The molecule has 0 atom stereocenters. The Labute approximate surface area is 150 Å². The van der Waals surface area contributed by atoms with Crippen molar-refractivity contribution in [1.29, 1.82) is 0 Å². The Hall–Kier alpha value is -1.93. The lowest BCUT2D eigenvalue weighted by Gasteiger charge is -2.29. The number of nitrogens with zero attached hydrogens (tertiary/aromatic N) is 2. The summed E-state index contributed by atoms with van der Waals surface area (Å²) in [6.07, 6.45) is 0.844. The largest absolute Gasteiger partial charge is 0.544 e. The maximum Gasteiger partial charge on any atom is 0.303 e. The van der Waals surface area contributed by atoms with Crippen LogP contribution in [0.25, 0.3) is 0 Å². The second-order valence-electron chi connectivity index (χ2n) is 7.74. The lowest BCUT2D eigenvalue weighted by Crippen LogP contribution is -2.46. The number of likely N-dealkylation sites (N-methyl/N-ethyl adjacent to an activating group) is 2. The third-order valence-corrected chi connectivity index (χ3v) is 3.15. The van der Waals surface area contributed by atoms with Gasteiger partial charge in [-0.3, -0.25) is 9.59 Å². The Balaban J connectivity index is 0. The molecule has 0 aromatic rings. The van der Waals surface area contributed by atoms with Crippen LogP contribution < -0.4 is 10.4 Å². The first-order valence-electron chi connectivity index (χ1n) is 8.14. The summed E-state index contributed by atoms with van der Waals surface area (Å²) >= 11 is 0. The van der Waals surface area contributed by atoms with E-state index < -0.39 is 11.9 Å². The van der Waals surface area contributed by atoms with Gasteiger partial charge >= 0.3 is 5.97 Å². The van der Waals surface area contributed by atoms with E-state index >= 15 is 0 Å². The summed E-state index contributed by atoms with van der Waals surface area (Å²) in [6.45, 7) is 7.43. The van der Waals surface area contributed by atoms with Crippen molar-refractivity contribution < 1.29 is 33.6 Å². The van der Waals surface area contributed by atoms with Gasteiger partial charge in [0, 0.05) is 12.0 Å². The van der Waals surface area contributed by atoms with Crippen molar-refractivity contribution in [3.05, 3.63) is 12.2 Å². The maximum atomic E-state index is 11.2. The standard InChI is InChI=1S/C12H22N2O3.C5H11NO2/c1-10(2)12(17)13-7-9-14(3,4)8-5-6-11(15)16;1-6(2,3)4-5(7)8/h1,5-9H2,2-4H3,(H-,13,15,16,17);4H2,1-3H3/p+1. The molecular weight excluding hydrogens is 326 g/mol. The van der Waals surface area contributed by atoms with Gasteiger partial charge in [0.15, 0.2) is 0 Å². The third-order valence-electron chi connectivity index (χ3n) is 3.15. The van der Waals surface area contributed by atoms with Crippen molar-refractivity contribution in [2.75, 3.05) is 61.4 Å². The van der Waals surface area contributed by atoms with E-state index in [1.807, 2.05) is 14.1 Å². The van der Waals surface area contributed by atoms with E-state index in [2.05, 4.69) is 11.9 Å². The highest BCUT2D eigenvalue weighted by Gasteiger charge is 2.15. The van der Waals surface area contributed by atoms with Crippen LogP contribution >= 0.6 is 0 Å². The monoisotopic (exact) mass is 360 g/mol. The van der Waals surface area contributed by atoms with Gasteiger partial charge in [0.05, 0.1) is 67.3 Å². The van der Waals surface area contributed by atoms with Gasteiger partial charge in [0.2, 0.25) is 5.91 Å². The molecular formula is C17H34N3O5+. The lowest BCUT2D eigenvalue weighted by atomic mass is 10.2. The second-order valence-corrected chi connectivity index (χ2v) is 7.74. The third kappa shape index (κ3) is 20.0.